The number of nitrogens with one attached hydrogen (secondary N) is 1. The molecule has 0 spiro atoms. The third kappa shape index (κ3) is 4.49. The van der Waals surface area contributed by atoms with Gasteiger partial charge in [0.05, 0.1) is 5.69 Å². The van der Waals surface area contributed by atoms with Crippen molar-refractivity contribution in [2.24, 2.45) is 0 Å². The molecule has 0 saturated heterocycles. The lowest BCUT2D eigenvalue weighted by atomic mass is 10.1. The number of nitrogens with two attached hydrogens (primary N) is 1. The van der Waals surface area contributed by atoms with Crippen LogP contribution in [0.3, 0.4) is 0 Å². The Kier molecular flexibility index (Phi) is 5.78. The Morgan fingerprint density at radius 2 is 1.79 bits per heavy atom. The number of unbranched alkanes of at least 4 members (excludes halogenated alkanes) is 2. The highest BCUT2D eigenvalue weighted by Crippen LogP contribution is 2.22. The third-order valence-electron chi connectivity index (χ3n) is 3.04. The zero-order valence-electron chi connectivity index (χ0n) is 11.4. The second-order valence-electron chi connectivity index (χ2n) is 4.66. The van der Waals surface area contributed by atoms with Gasteiger partial charge in [0.2, 0.25) is 10.0 Å². The molecule has 0 saturated carbocycles. The first-order valence-corrected chi connectivity index (χ1v) is 7.84. The lowest BCUT2D eigenvalue weighted by Crippen LogP contribution is -2.25. The molecule has 0 atom stereocenters. The van der Waals surface area contributed by atoms with Gasteiger partial charge in [-0.25, -0.2) is 13.1 Å². The number of anilines is 1. The molecule has 0 bridgehead atoms. The summed E-state index contributed by atoms with van der Waals surface area (Å²) >= 11 is 0. The van der Waals surface area contributed by atoms with Gasteiger partial charge in [-0.05, 0) is 56.4 Å². The van der Waals surface area contributed by atoms with Gasteiger partial charge in [0.1, 0.15) is 4.90 Å². The number of rotatable bonds is 7. The summed E-state index contributed by atoms with van der Waals surface area (Å²) in [6.07, 6.45) is 2.18. The standard InChI is InChI=1S/C13H22N2O3S/c1-10-8-12(14)13(9-11(10)2)19(17,18)15-6-4-3-5-7-16/h8-9,15-16H,3-7,14H2,1-2H3. The van der Waals surface area contributed by atoms with Gasteiger partial charge in [-0.2, -0.15) is 0 Å². The van der Waals surface area contributed by atoms with E-state index < -0.39 is 10.0 Å². The predicted octanol–water partition coefficient (Wildman–Crippen LogP) is 1.33. The van der Waals surface area contributed by atoms with E-state index in [0.717, 1.165) is 17.5 Å². The van der Waals surface area contributed by atoms with Gasteiger partial charge in [-0.1, -0.05) is 0 Å². The van der Waals surface area contributed by atoms with Gasteiger partial charge in [0, 0.05) is 13.2 Å². The van der Waals surface area contributed by atoms with Crippen LogP contribution >= 0.6 is 0 Å². The van der Waals surface area contributed by atoms with Gasteiger partial charge in [-0.3, -0.25) is 0 Å². The highest BCUT2D eigenvalue weighted by molar-refractivity contribution is 7.89. The highest BCUT2D eigenvalue weighted by atomic mass is 32.2. The lowest BCUT2D eigenvalue weighted by molar-refractivity contribution is 0.283. The van der Waals surface area contributed by atoms with Crippen molar-refractivity contribution in [2.75, 3.05) is 18.9 Å². The first-order chi connectivity index (χ1) is 8.88. The number of benzene rings is 1. The summed E-state index contributed by atoms with van der Waals surface area (Å²) in [5.41, 5.74) is 7.92. The molecule has 6 heteroatoms. The van der Waals surface area contributed by atoms with E-state index >= 15 is 0 Å². The van der Waals surface area contributed by atoms with E-state index in [9.17, 15) is 8.42 Å². The Labute approximate surface area is 114 Å². The fourth-order valence-electron chi connectivity index (χ4n) is 1.74. The highest BCUT2D eigenvalue weighted by Gasteiger charge is 2.17. The molecule has 1 rings (SSSR count). The van der Waals surface area contributed by atoms with Crippen LogP contribution in [0.2, 0.25) is 0 Å². The van der Waals surface area contributed by atoms with Crippen molar-refractivity contribution in [3.8, 4) is 0 Å². The molecule has 0 aliphatic carbocycles. The zero-order valence-corrected chi connectivity index (χ0v) is 12.3. The van der Waals surface area contributed by atoms with Crippen LogP contribution in [0.4, 0.5) is 5.69 Å². The molecule has 19 heavy (non-hydrogen) atoms. The number of hydrogen-bond donors (Lipinski definition) is 3. The Morgan fingerprint density at radius 3 is 2.42 bits per heavy atom. The van der Waals surface area contributed by atoms with Crippen molar-refractivity contribution >= 4 is 15.7 Å². The minimum atomic E-state index is -3.55. The summed E-state index contributed by atoms with van der Waals surface area (Å²) in [6.45, 7) is 4.24. The van der Waals surface area contributed by atoms with E-state index in [1.54, 1.807) is 12.1 Å². The van der Waals surface area contributed by atoms with E-state index in [4.69, 9.17) is 10.8 Å². The summed E-state index contributed by atoms with van der Waals surface area (Å²) in [4.78, 5) is 0.137. The van der Waals surface area contributed by atoms with Crippen molar-refractivity contribution in [1.29, 1.82) is 0 Å². The molecule has 5 nitrogen and oxygen atoms in total. The van der Waals surface area contributed by atoms with Crippen molar-refractivity contribution in [3.63, 3.8) is 0 Å². The Morgan fingerprint density at radius 1 is 1.16 bits per heavy atom. The molecule has 0 fully saturated rings. The number of sulfonamides is 1. The fraction of sp³-hybridized carbons (Fsp3) is 0.538. The molecule has 4 N–H and O–H groups in total. The SMILES string of the molecule is Cc1cc(N)c(S(=O)(=O)NCCCCCO)cc1C. The molecule has 0 aliphatic rings. The first kappa shape index (κ1) is 15.9. The fourth-order valence-corrected chi connectivity index (χ4v) is 3.01. The molecular weight excluding hydrogens is 264 g/mol. The Bertz CT molecular complexity index is 527. The normalized spacial score (nSPS) is 11.7. The van der Waals surface area contributed by atoms with Crippen LogP contribution in [0.15, 0.2) is 17.0 Å². The number of aliphatic hydroxyl groups excluding tert-OH is 1. The first-order valence-electron chi connectivity index (χ1n) is 6.35. The maximum Gasteiger partial charge on any atom is 0.242 e. The Hall–Kier alpha value is -1.11. The monoisotopic (exact) mass is 286 g/mol. The van der Waals surface area contributed by atoms with Crippen molar-refractivity contribution in [3.05, 3.63) is 23.3 Å². The maximum absolute atomic E-state index is 12.1. The van der Waals surface area contributed by atoms with Crippen LogP contribution in [0.1, 0.15) is 30.4 Å². The summed E-state index contributed by atoms with van der Waals surface area (Å²) in [7, 11) is -3.55. The molecular formula is C13H22N2O3S. The molecule has 0 unspecified atom stereocenters. The van der Waals surface area contributed by atoms with E-state index in [2.05, 4.69) is 4.72 Å². The van der Waals surface area contributed by atoms with Crippen LogP contribution in [-0.4, -0.2) is 26.7 Å². The van der Waals surface area contributed by atoms with Crippen LogP contribution in [0.25, 0.3) is 0 Å². The van der Waals surface area contributed by atoms with Crippen LogP contribution in [0, 0.1) is 13.8 Å². The van der Waals surface area contributed by atoms with E-state index in [0.29, 0.717) is 19.4 Å². The van der Waals surface area contributed by atoms with Gasteiger partial charge in [0.25, 0.3) is 0 Å². The van der Waals surface area contributed by atoms with E-state index in [-0.39, 0.29) is 17.2 Å². The predicted molar refractivity (Wildman–Crippen MR) is 76.5 cm³/mol. The minimum Gasteiger partial charge on any atom is -0.398 e. The third-order valence-corrected chi connectivity index (χ3v) is 4.56. The number of nitrogen functional groups attached to an aromatic ring is 1. The van der Waals surface area contributed by atoms with Gasteiger partial charge >= 0.3 is 0 Å². The van der Waals surface area contributed by atoms with Crippen molar-refractivity contribution in [1.82, 2.24) is 4.72 Å². The molecule has 0 aliphatic heterocycles. The summed E-state index contributed by atoms with van der Waals surface area (Å²) in [6, 6.07) is 3.27. The van der Waals surface area contributed by atoms with Crippen LogP contribution < -0.4 is 10.5 Å². The minimum absolute atomic E-state index is 0.136. The van der Waals surface area contributed by atoms with Crippen molar-refractivity contribution < 1.29 is 13.5 Å². The Balaban J connectivity index is 2.75. The van der Waals surface area contributed by atoms with E-state index in [1.807, 2.05) is 13.8 Å². The second kappa shape index (κ2) is 6.88. The van der Waals surface area contributed by atoms with Gasteiger partial charge < -0.3 is 10.8 Å². The molecule has 108 valence electrons. The zero-order chi connectivity index (χ0) is 14.5. The maximum atomic E-state index is 12.1. The molecule has 0 aromatic heterocycles. The quantitative estimate of drug-likeness (QED) is 0.521. The smallest absolute Gasteiger partial charge is 0.242 e. The van der Waals surface area contributed by atoms with Gasteiger partial charge in [0.15, 0.2) is 0 Å². The van der Waals surface area contributed by atoms with Crippen molar-refractivity contribution in [2.45, 2.75) is 38.0 Å². The molecule has 1 aromatic rings. The van der Waals surface area contributed by atoms with Crippen LogP contribution in [0.5, 0.6) is 0 Å². The topological polar surface area (TPSA) is 92.4 Å². The number of hydrogen-bond acceptors (Lipinski definition) is 4. The molecule has 0 amide bonds. The number of aryl methyl sites for hydroxylation is 2. The molecule has 0 heterocycles. The largest absolute Gasteiger partial charge is 0.398 e. The lowest BCUT2D eigenvalue weighted by Gasteiger charge is -2.11. The summed E-state index contributed by atoms with van der Waals surface area (Å²) in [5, 5.41) is 8.64. The van der Waals surface area contributed by atoms with Crippen LogP contribution in [-0.2, 0) is 10.0 Å². The molecule has 1 aromatic carbocycles. The second-order valence-corrected chi connectivity index (χ2v) is 6.39. The summed E-state index contributed by atoms with van der Waals surface area (Å²) < 4.78 is 26.7. The molecule has 0 radical (unpaired) electrons. The van der Waals surface area contributed by atoms with Gasteiger partial charge in [-0.15, -0.1) is 0 Å². The van der Waals surface area contributed by atoms with E-state index in [1.165, 1.54) is 0 Å². The average Bonchev–Trinajstić information content (AvgIpc) is 2.33. The number of aliphatic hydroxyl groups is 1. The summed E-state index contributed by atoms with van der Waals surface area (Å²) in [5.74, 6) is 0. The average molecular weight is 286 g/mol.